The Morgan fingerprint density at radius 3 is 2.53 bits per heavy atom. The van der Waals surface area contributed by atoms with Crippen molar-refractivity contribution in [1.29, 1.82) is 0 Å². The zero-order valence-corrected chi connectivity index (χ0v) is 13.1. The average molecular weight is 269 g/mol. The topological polar surface area (TPSA) is 49.6 Å². The number of hydrogen-bond donors (Lipinski definition) is 1. The molecule has 1 fully saturated rings. The molecule has 1 aliphatic carbocycles. The van der Waals surface area contributed by atoms with Crippen LogP contribution in [0.25, 0.3) is 0 Å². The van der Waals surface area contributed by atoms with Crippen LogP contribution < -0.4 is 5.73 Å². The van der Waals surface area contributed by atoms with Crippen molar-refractivity contribution in [3.8, 4) is 0 Å². The van der Waals surface area contributed by atoms with E-state index in [1.165, 1.54) is 0 Å². The maximum Gasteiger partial charge on any atom is 0.225 e. The zero-order chi connectivity index (χ0) is 14.4. The van der Waals surface area contributed by atoms with Gasteiger partial charge in [0.2, 0.25) is 5.91 Å². The van der Waals surface area contributed by atoms with Crippen molar-refractivity contribution in [2.75, 3.05) is 33.7 Å². The maximum absolute atomic E-state index is 12.6. The monoisotopic (exact) mass is 269 g/mol. The second kappa shape index (κ2) is 7.85. The summed E-state index contributed by atoms with van der Waals surface area (Å²) in [5.74, 6) is 0.788. The highest BCUT2D eigenvalue weighted by Gasteiger charge is 2.34. The van der Waals surface area contributed by atoms with Gasteiger partial charge in [-0.3, -0.25) is 4.79 Å². The van der Waals surface area contributed by atoms with Crippen molar-refractivity contribution in [2.45, 2.75) is 45.6 Å². The molecular formula is C15H31N3O. The van der Waals surface area contributed by atoms with E-state index >= 15 is 0 Å². The van der Waals surface area contributed by atoms with Crippen LogP contribution in [-0.2, 0) is 4.79 Å². The van der Waals surface area contributed by atoms with Gasteiger partial charge in [0, 0.05) is 25.0 Å². The molecule has 0 aliphatic heterocycles. The Balaban J connectivity index is 2.52. The molecule has 0 bridgehead atoms. The quantitative estimate of drug-likeness (QED) is 0.796. The van der Waals surface area contributed by atoms with Gasteiger partial charge in [-0.25, -0.2) is 0 Å². The summed E-state index contributed by atoms with van der Waals surface area (Å²) < 4.78 is 0. The molecule has 4 heteroatoms. The van der Waals surface area contributed by atoms with Crippen LogP contribution in [0.4, 0.5) is 0 Å². The molecule has 19 heavy (non-hydrogen) atoms. The van der Waals surface area contributed by atoms with E-state index in [4.69, 9.17) is 5.73 Å². The molecule has 1 saturated carbocycles. The summed E-state index contributed by atoms with van der Waals surface area (Å²) in [5, 5.41) is 0. The van der Waals surface area contributed by atoms with Gasteiger partial charge in [0.15, 0.2) is 0 Å². The summed E-state index contributed by atoms with van der Waals surface area (Å²) in [5.41, 5.74) is 6.11. The largest absolute Gasteiger partial charge is 0.343 e. The van der Waals surface area contributed by atoms with Gasteiger partial charge in [-0.05, 0) is 52.7 Å². The van der Waals surface area contributed by atoms with E-state index in [2.05, 4.69) is 32.8 Å². The Hall–Kier alpha value is -0.610. The van der Waals surface area contributed by atoms with Crippen molar-refractivity contribution < 1.29 is 4.79 Å². The fourth-order valence-corrected chi connectivity index (χ4v) is 2.98. The molecule has 0 spiro atoms. The fourth-order valence-electron chi connectivity index (χ4n) is 2.98. The van der Waals surface area contributed by atoms with Crippen molar-refractivity contribution in [1.82, 2.24) is 9.80 Å². The first-order chi connectivity index (χ1) is 8.97. The highest BCUT2D eigenvalue weighted by atomic mass is 16.2. The maximum atomic E-state index is 12.6. The molecule has 1 rings (SSSR count). The van der Waals surface area contributed by atoms with Gasteiger partial charge in [0.25, 0.3) is 0 Å². The first-order valence-corrected chi connectivity index (χ1v) is 7.66. The van der Waals surface area contributed by atoms with Crippen LogP contribution in [0.2, 0.25) is 0 Å². The van der Waals surface area contributed by atoms with E-state index < -0.39 is 0 Å². The lowest BCUT2D eigenvalue weighted by Gasteiger charge is -2.36. The number of carbonyl (C=O) groups is 1. The molecule has 0 saturated heterocycles. The SMILES string of the molecule is CCN(CCCN(C)C)C(=O)C1CCCC(N)C1C. The van der Waals surface area contributed by atoms with Crippen LogP contribution in [0.15, 0.2) is 0 Å². The lowest BCUT2D eigenvalue weighted by molar-refractivity contribution is -0.138. The highest BCUT2D eigenvalue weighted by molar-refractivity contribution is 5.79. The Morgan fingerprint density at radius 1 is 1.26 bits per heavy atom. The summed E-state index contributed by atoms with van der Waals surface area (Å²) >= 11 is 0. The fraction of sp³-hybridized carbons (Fsp3) is 0.933. The minimum absolute atomic E-state index is 0.142. The van der Waals surface area contributed by atoms with E-state index in [1.54, 1.807) is 0 Å². The molecule has 1 amide bonds. The van der Waals surface area contributed by atoms with Gasteiger partial charge in [-0.2, -0.15) is 0 Å². The number of rotatable bonds is 6. The summed E-state index contributed by atoms with van der Waals surface area (Å²) in [7, 11) is 4.14. The number of amides is 1. The normalized spacial score (nSPS) is 27.6. The summed E-state index contributed by atoms with van der Waals surface area (Å²) in [4.78, 5) is 16.8. The minimum atomic E-state index is 0.142. The van der Waals surface area contributed by atoms with Crippen molar-refractivity contribution in [3.63, 3.8) is 0 Å². The summed E-state index contributed by atoms with van der Waals surface area (Å²) in [6.45, 7) is 6.92. The third-order valence-corrected chi connectivity index (χ3v) is 4.41. The lowest BCUT2D eigenvalue weighted by atomic mass is 9.76. The lowest BCUT2D eigenvalue weighted by Crippen LogP contribution is -2.46. The molecule has 1 aliphatic rings. The number of nitrogens with zero attached hydrogens (tertiary/aromatic N) is 2. The first kappa shape index (κ1) is 16.4. The van der Waals surface area contributed by atoms with Crippen LogP contribution in [-0.4, -0.2) is 55.5 Å². The van der Waals surface area contributed by atoms with Gasteiger partial charge in [0.05, 0.1) is 0 Å². The van der Waals surface area contributed by atoms with Gasteiger partial charge in [0.1, 0.15) is 0 Å². The third kappa shape index (κ3) is 4.77. The molecule has 3 unspecified atom stereocenters. The summed E-state index contributed by atoms with van der Waals surface area (Å²) in [6.07, 6.45) is 4.21. The molecular weight excluding hydrogens is 238 g/mol. The predicted octanol–water partition coefficient (Wildman–Crippen LogP) is 1.55. The predicted molar refractivity (Wildman–Crippen MR) is 79.9 cm³/mol. The molecule has 0 aromatic rings. The van der Waals surface area contributed by atoms with Gasteiger partial charge >= 0.3 is 0 Å². The average Bonchev–Trinajstić information content (AvgIpc) is 2.37. The van der Waals surface area contributed by atoms with E-state index in [0.29, 0.717) is 11.8 Å². The van der Waals surface area contributed by atoms with E-state index in [9.17, 15) is 4.79 Å². The Morgan fingerprint density at radius 2 is 1.95 bits per heavy atom. The molecule has 0 heterocycles. The molecule has 4 nitrogen and oxygen atoms in total. The minimum Gasteiger partial charge on any atom is -0.343 e. The van der Waals surface area contributed by atoms with Crippen LogP contribution in [0.1, 0.15) is 39.5 Å². The molecule has 3 atom stereocenters. The number of nitrogens with two attached hydrogens (primary N) is 1. The third-order valence-electron chi connectivity index (χ3n) is 4.41. The Labute approximate surface area is 118 Å². The highest BCUT2D eigenvalue weighted by Crippen LogP contribution is 2.30. The molecule has 0 aromatic heterocycles. The number of hydrogen-bond acceptors (Lipinski definition) is 3. The second-order valence-electron chi connectivity index (χ2n) is 6.14. The van der Waals surface area contributed by atoms with Crippen LogP contribution >= 0.6 is 0 Å². The smallest absolute Gasteiger partial charge is 0.225 e. The molecule has 2 N–H and O–H groups in total. The van der Waals surface area contributed by atoms with Gasteiger partial charge in [-0.1, -0.05) is 13.3 Å². The van der Waals surface area contributed by atoms with Crippen molar-refractivity contribution in [3.05, 3.63) is 0 Å². The standard InChI is InChI=1S/C15H31N3O/c1-5-18(11-7-10-17(3)4)15(19)13-8-6-9-14(16)12(13)2/h12-14H,5-11,16H2,1-4H3. The first-order valence-electron chi connectivity index (χ1n) is 7.66. The zero-order valence-electron chi connectivity index (χ0n) is 13.1. The van der Waals surface area contributed by atoms with E-state index in [-0.39, 0.29) is 12.0 Å². The van der Waals surface area contributed by atoms with Gasteiger partial charge in [-0.15, -0.1) is 0 Å². The van der Waals surface area contributed by atoms with Gasteiger partial charge < -0.3 is 15.5 Å². The van der Waals surface area contributed by atoms with Crippen molar-refractivity contribution >= 4 is 5.91 Å². The van der Waals surface area contributed by atoms with E-state index in [0.717, 1.165) is 45.3 Å². The number of carbonyl (C=O) groups excluding carboxylic acids is 1. The Kier molecular flexibility index (Phi) is 6.80. The molecule has 0 radical (unpaired) electrons. The molecule has 0 aromatic carbocycles. The van der Waals surface area contributed by atoms with E-state index in [1.807, 2.05) is 4.90 Å². The summed E-state index contributed by atoms with van der Waals surface area (Å²) in [6, 6.07) is 0.197. The molecule has 112 valence electrons. The Bertz CT molecular complexity index is 281. The van der Waals surface area contributed by atoms with Crippen LogP contribution in [0, 0.1) is 11.8 Å². The van der Waals surface area contributed by atoms with Crippen LogP contribution in [0.5, 0.6) is 0 Å². The van der Waals surface area contributed by atoms with Crippen molar-refractivity contribution in [2.24, 2.45) is 17.6 Å². The second-order valence-corrected chi connectivity index (χ2v) is 6.14. The van der Waals surface area contributed by atoms with Crippen LogP contribution in [0.3, 0.4) is 0 Å².